The van der Waals surface area contributed by atoms with Gasteiger partial charge in [0.05, 0.1) is 17.5 Å². The number of carbonyl (C=O) groups is 2. The molecule has 126 valence electrons. The number of piperidine rings is 1. The molecule has 1 unspecified atom stereocenters. The zero-order valence-electron chi connectivity index (χ0n) is 12.3. The summed E-state index contributed by atoms with van der Waals surface area (Å²) < 4.78 is 5.36. The quantitative estimate of drug-likeness (QED) is 0.784. The van der Waals surface area contributed by atoms with Gasteiger partial charge in [0, 0.05) is 19.3 Å². The summed E-state index contributed by atoms with van der Waals surface area (Å²) in [4.78, 5) is 28.4. The number of carbonyl (C=O) groups excluding carboxylic acids is 1. The monoisotopic (exact) mass is 361 g/mol. The third-order valence-corrected chi connectivity index (χ3v) is 3.93. The summed E-state index contributed by atoms with van der Waals surface area (Å²) in [5, 5.41) is 12.4. The Labute approximate surface area is 143 Å². The van der Waals surface area contributed by atoms with Crippen LogP contribution in [0.2, 0.25) is 10.0 Å². The maximum atomic E-state index is 12.0. The summed E-state index contributed by atoms with van der Waals surface area (Å²) in [5.74, 6) is -1.12. The summed E-state index contributed by atoms with van der Waals surface area (Å²) in [6, 6.07) is 1.22. The van der Waals surface area contributed by atoms with Crippen molar-refractivity contribution in [3.63, 3.8) is 0 Å². The Morgan fingerprint density at radius 1 is 1.48 bits per heavy atom. The average molecular weight is 362 g/mol. The molecule has 23 heavy (non-hydrogen) atoms. The van der Waals surface area contributed by atoms with Crippen LogP contribution in [0.3, 0.4) is 0 Å². The van der Waals surface area contributed by atoms with Crippen LogP contribution in [0.1, 0.15) is 12.8 Å². The van der Waals surface area contributed by atoms with E-state index in [1.165, 1.54) is 17.2 Å². The molecule has 2 heterocycles. The number of halogens is 2. The van der Waals surface area contributed by atoms with Crippen LogP contribution in [0, 0.1) is 5.92 Å². The van der Waals surface area contributed by atoms with Crippen LogP contribution in [0.25, 0.3) is 0 Å². The summed E-state index contributed by atoms with van der Waals surface area (Å²) in [6.45, 7) is 1.23. The van der Waals surface area contributed by atoms with Gasteiger partial charge in [0.25, 0.3) is 0 Å². The van der Waals surface area contributed by atoms with Gasteiger partial charge in [-0.15, -0.1) is 0 Å². The summed E-state index contributed by atoms with van der Waals surface area (Å²) in [5.41, 5.74) is 0. The smallest absolute Gasteiger partial charge is 0.317 e. The van der Waals surface area contributed by atoms with Crippen LogP contribution in [0.5, 0.6) is 5.88 Å². The molecule has 0 aromatic carbocycles. The van der Waals surface area contributed by atoms with Crippen LogP contribution in [-0.2, 0) is 4.79 Å². The van der Waals surface area contributed by atoms with Crippen molar-refractivity contribution in [3.8, 4) is 5.88 Å². The molecule has 2 rings (SSSR count). The van der Waals surface area contributed by atoms with E-state index in [9.17, 15) is 9.59 Å². The van der Waals surface area contributed by atoms with E-state index in [-0.39, 0.29) is 31.6 Å². The molecule has 0 bridgehead atoms. The molecular weight excluding hydrogens is 345 g/mol. The number of hydrogen-bond acceptors (Lipinski definition) is 4. The lowest BCUT2D eigenvalue weighted by molar-refractivity contribution is -0.143. The van der Waals surface area contributed by atoms with Gasteiger partial charge in [-0.05, 0) is 18.9 Å². The number of hydrogen-bond donors (Lipinski definition) is 2. The highest BCUT2D eigenvalue weighted by atomic mass is 35.5. The molecule has 1 fully saturated rings. The number of ether oxygens (including phenoxy) is 1. The second-order valence-corrected chi connectivity index (χ2v) is 5.99. The SMILES string of the molecule is O=C(O)C1CCCN(C(=O)NCCOc2ncc(Cl)cc2Cl)C1. The molecule has 9 heteroatoms. The van der Waals surface area contributed by atoms with E-state index >= 15 is 0 Å². The van der Waals surface area contributed by atoms with Crippen LogP contribution >= 0.6 is 23.2 Å². The van der Waals surface area contributed by atoms with Gasteiger partial charge in [0.1, 0.15) is 11.6 Å². The van der Waals surface area contributed by atoms with Crippen molar-refractivity contribution in [2.75, 3.05) is 26.2 Å². The Morgan fingerprint density at radius 2 is 2.26 bits per heavy atom. The van der Waals surface area contributed by atoms with Gasteiger partial charge in [0.15, 0.2) is 0 Å². The van der Waals surface area contributed by atoms with Crippen LogP contribution in [0.15, 0.2) is 12.3 Å². The van der Waals surface area contributed by atoms with Crippen LogP contribution < -0.4 is 10.1 Å². The van der Waals surface area contributed by atoms with E-state index in [0.717, 1.165) is 0 Å². The zero-order chi connectivity index (χ0) is 16.8. The highest BCUT2D eigenvalue weighted by molar-refractivity contribution is 6.35. The largest absolute Gasteiger partial charge is 0.481 e. The van der Waals surface area contributed by atoms with E-state index in [1.54, 1.807) is 0 Å². The normalized spacial score (nSPS) is 17.7. The number of carboxylic acids is 1. The fourth-order valence-electron chi connectivity index (χ4n) is 2.29. The molecular formula is C14H17Cl2N3O4. The number of rotatable bonds is 5. The van der Waals surface area contributed by atoms with Gasteiger partial charge >= 0.3 is 12.0 Å². The minimum atomic E-state index is -0.866. The van der Waals surface area contributed by atoms with Crippen molar-refractivity contribution in [2.45, 2.75) is 12.8 Å². The van der Waals surface area contributed by atoms with E-state index < -0.39 is 11.9 Å². The number of nitrogens with one attached hydrogen (secondary N) is 1. The second-order valence-electron chi connectivity index (χ2n) is 5.14. The molecule has 0 spiro atoms. The minimum Gasteiger partial charge on any atom is -0.481 e. The predicted octanol–water partition coefficient (Wildman–Crippen LogP) is 2.27. The first-order valence-corrected chi connectivity index (χ1v) is 7.92. The summed E-state index contributed by atoms with van der Waals surface area (Å²) >= 11 is 11.6. The summed E-state index contributed by atoms with van der Waals surface area (Å²) in [6.07, 6.45) is 2.70. The number of amides is 2. The number of aromatic nitrogens is 1. The van der Waals surface area contributed by atoms with Gasteiger partial charge in [-0.3, -0.25) is 4.79 Å². The molecule has 2 amide bonds. The third-order valence-electron chi connectivity index (χ3n) is 3.45. The molecule has 1 aromatic rings. The topological polar surface area (TPSA) is 91.8 Å². The van der Waals surface area contributed by atoms with Crippen molar-refractivity contribution < 1.29 is 19.4 Å². The lowest BCUT2D eigenvalue weighted by Crippen LogP contribution is -2.47. The van der Waals surface area contributed by atoms with Crippen molar-refractivity contribution >= 4 is 35.2 Å². The lowest BCUT2D eigenvalue weighted by atomic mass is 9.99. The van der Waals surface area contributed by atoms with Crippen molar-refractivity contribution in [1.82, 2.24) is 15.2 Å². The molecule has 0 saturated carbocycles. The van der Waals surface area contributed by atoms with Gasteiger partial charge in [-0.1, -0.05) is 23.2 Å². The zero-order valence-corrected chi connectivity index (χ0v) is 13.8. The average Bonchev–Trinajstić information content (AvgIpc) is 2.53. The standard InChI is InChI=1S/C14H17Cl2N3O4/c15-10-6-11(16)12(18-7-10)23-5-3-17-14(22)19-4-1-2-9(8-19)13(20)21/h6-7,9H,1-5,8H2,(H,17,22)(H,20,21). The Kier molecular flexibility index (Phi) is 6.29. The van der Waals surface area contributed by atoms with E-state index in [0.29, 0.717) is 29.4 Å². The lowest BCUT2D eigenvalue weighted by Gasteiger charge is -2.30. The Balaban J connectivity index is 1.73. The molecule has 0 aliphatic carbocycles. The Morgan fingerprint density at radius 3 is 2.96 bits per heavy atom. The Hall–Kier alpha value is -1.73. The number of aliphatic carboxylic acids is 1. The van der Waals surface area contributed by atoms with Gasteiger partial charge < -0.3 is 20.1 Å². The highest BCUT2D eigenvalue weighted by Gasteiger charge is 2.27. The number of urea groups is 1. The molecule has 7 nitrogen and oxygen atoms in total. The minimum absolute atomic E-state index is 0.191. The predicted molar refractivity (Wildman–Crippen MR) is 85.1 cm³/mol. The van der Waals surface area contributed by atoms with Crippen LogP contribution in [-0.4, -0.2) is 53.2 Å². The number of nitrogens with zero attached hydrogens (tertiary/aromatic N) is 2. The summed E-state index contributed by atoms with van der Waals surface area (Å²) in [7, 11) is 0. The molecule has 1 aliphatic rings. The third kappa shape index (κ3) is 5.14. The second kappa shape index (κ2) is 8.21. The maximum Gasteiger partial charge on any atom is 0.317 e. The number of likely N-dealkylation sites (tertiary alicyclic amines) is 1. The molecule has 1 aliphatic heterocycles. The number of carboxylic acid groups (broad SMARTS) is 1. The van der Waals surface area contributed by atoms with E-state index in [2.05, 4.69) is 10.3 Å². The first-order valence-electron chi connectivity index (χ1n) is 7.17. The molecule has 2 N–H and O–H groups in total. The van der Waals surface area contributed by atoms with Crippen molar-refractivity contribution in [3.05, 3.63) is 22.3 Å². The van der Waals surface area contributed by atoms with E-state index in [1.807, 2.05) is 0 Å². The van der Waals surface area contributed by atoms with Crippen LogP contribution in [0.4, 0.5) is 4.79 Å². The maximum absolute atomic E-state index is 12.0. The fourth-order valence-corrected chi connectivity index (χ4v) is 2.72. The highest BCUT2D eigenvalue weighted by Crippen LogP contribution is 2.24. The number of pyridine rings is 1. The van der Waals surface area contributed by atoms with Gasteiger partial charge in [-0.2, -0.15) is 0 Å². The van der Waals surface area contributed by atoms with Gasteiger partial charge in [-0.25, -0.2) is 9.78 Å². The molecule has 0 radical (unpaired) electrons. The first kappa shape index (κ1) is 17.6. The molecule has 1 saturated heterocycles. The first-order chi connectivity index (χ1) is 11.0. The molecule has 1 aromatic heterocycles. The molecule has 1 atom stereocenters. The Bertz CT molecular complexity index is 585. The van der Waals surface area contributed by atoms with Gasteiger partial charge in [0.2, 0.25) is 5.88 Å². The van der Waals surface area contributed by atoms with Crippen molar-refractivity contribution in [2.24, 2.45) is 5.92 Å². The van der Waals surface area contributed by atoms with E-state index in [4.69, 9.17) is 33.0 Å². The van der Waals surface area contributed by atoms with Crippen molar-refractivity contribution in [1.29, 1.82) is 0 Å². The fraction of sp³-hybridized carbons (Fsp3) is 0.500.